The molecule has 4 heterocycles. The highest BCUT2D eigenvalue weighted by molar-refractivity contribution is 6.29. The van der Waals surface area contributed by atoms with Crippen molar-refractivity contribution < 1.29 is 14.3 Å². The molecule has 0 saturated carbocycles. The van der Waals surface area contributed by atoms with E-state index in [-0.39, 0.29) is 17.2 Å². The summed E-state index contributed by atoms with van der Waals surface area (Å²) < 4.78 is 13.0. The largest absolute Gasteiger partial charge is 0.487 e. The summed E-state index contributed by atoms with van der Waals surface area (Å²) in [4.78, 5) is 29.3. The van der Waals surface area contributed by atoms with Gasteiger partial charge in [0.1, 0.15) is 23.9 Å². The molecule has 38 heavy (non-hydrogen) atoms. The second-order valence-corrected chi connectivity index (χ2v) is 9.46. The average Bonchev–Trinajstić information content (AvgIpc) is 3.57. The van der Waals surface area contributed by atoms with E-state index in [9.17, 15) is 4.79 Å². The molecule has 0 N–H and O–H groups in total. The molecule has 10 nitrogen and oxygen atoms in total. The van der Waals surface area contributed by atoms with Gasteiger partial charge in [0, 0.05) is 38.8 Å². The van der Waals surface area contributed by atoms with Gasteiger partial charge in [0.25, 0.3) is 0 Å². The van der Waals surface area contributed by atoms with Gasteiger partial charge in [-0.25, -0.2) is 9.67 Å². The van der Waals surface area contributed by atoms with E-state index < -0.39 is 0 Å². The fourth-order valence-electron chi connectivity index (χ4n) is 4.56. The van der Waals surface area contributed by atoms with Gasteiger partial charge in [0.05, 0.1) is 24.2 Å². The Morgan fingerprint density at radius 2 is 1.97 bits per heavy atom. The maximum absolute atomic E-state index is 12.2. The molecule has 1 unspecified atom stereocenters. The molecule has 11 heteroatoms. The van der Waals surface area contributed by atoms with Crippen LogP contribution in [0.15, 0.2) is 55.1 Å². The Balaban J connectivity index is 1.48. The molecule has 1 amide bonds. The second kappa shape index (κ2) is 10.7. The van der Waals surface area contributed by atoms with E-state index >= 15 is 0 Å². The van der Waals surface area contributed by atoms with Crippen LogP contribution in [0, 0.1) is 0 Å². The summed E-state index contributed by atoms with van der Waals surface area (Å²) in [5, 5.41) is 5.92. The number of methoxy groups -OCH3 is 1. The van der Waals surface area contributed by atoms with Crippen molar-refractivity contribution in [2.75, 3.05) is 39.2 Å². The zero-order chi connectivity index (χ0) is 26.8. The van der Waals surface area contributed by atoms with Crippen molar-refractivity contribution in [2.45, 2.75) is 19.1 Å². The molecule has 1 aromatic carbocycles. The van der Waals surface area contributed by atoms with Crippen molar-refractivity contribution in [1.82, 2.24) is 29.6 Å². The molecule has 1 aliphatic heterocycles. The van der Waals surface area contributed by atoms with Crippen LogP contribution in [0.1, 0.15) is 18.2 Å². The van der Waals surface area contributed by atoms with E-state index in [2.05, 4.69) is 21.5 Å². The van der Waals surface area contributed by atoms with Crippen LogP contribution in [0.2, 0.25) is 5.28 Å². The number of aromatic nitrogens is 5. The van der Waals surface area contributed by atoms with E-state index in [0.717, 1.165) is 28.8 Å². The summed E-state index contributed by atoms with van der Waals surface area (Å²) in [6.45, 7) is 5.06. The minimum Gasteiger partial charge on any atom is -0.487 e. The lowest BCUT2D eigenvalue weighted by atomic mass is 10.1. The Bertz CT molecular complexity index is 1490. The third-order valence-corrected chi connectivity index (χ3v) is 6.60. The zero-order valence-electron chi connectivity index (χ0n) is 21.5. The molecule has 4 aromatic rings. The number of halogens is 1. The number of hydrogen-bond acceptors (Lipinski definition) is 8. The van der Waals surface area contributed by atoms with E-state index in [1.807, 2.05) is 60.1 Å². The first-order valence-corrected chi connectivity index (χ1v) is 12.5. The molecule has 1 saturated heterocycles. The first kappa shape index (κ1) is 25.5. The summed E-state index contributed by atoms with van der Waals surface area (Å²) >= 11 is 6.33. The smallest absolute Gasteiger partial charge is 0.246 e. The molecule has 0 bridgehead atoms. The van der Waals surface area contributed by atoms with Gasteiger partial charge < -0.3 is 19.3 Å². The average molecular weight is 534 g/mol. The molecule has 0 radical (unpaired) electrons. The summed E-state index contributed by atoms with van der Waals surface area (Å²) in [5.74, 6) is 1.82. The molecular weight excluding hydrogens is 506 g/mol. The second-order valence-electron chi connectivity index (χ2n) is 9.12. The number of anilines is 1. The van der Waals surface area contributed by atoms with E-state index in [1.165, 1.54) is 6.08 Å². The minimum atomic E-state index is -0.0921. The number of amides is 1. The van der Waals surface area contributed by atoms with Crippen molar-refractivity contribution in [3.05, 3.63) is 66.1 Å². The number of carbonyl (C=O) groups is 1. The van der Waals surface area contributed by atoms with Crippen LogP contribution in [0.5, 0.6) is 11.6 Å². The maximum atomic E-state index is 12.2. The number of likely N-dealkylation sites (tertiary alicyclic amines) is 1. The van der Waals surface area contributed by atoms with Crippen molar-refractivity contribution in [3.8, 4) is 22.9 Å². The molecule has 1 fully saturated rings. The molecule has 3 aromatic heterocycles. The number of pyridine rings is 1. The van der Waals surface area contributed by atoms with E-state index in [0.29, 0.717) is 42.8 Å². The molecule has 196 valence electrons. The van der Waals surface area contributed by atoms with Crippen LogP contribution >= 0.6 is 11.6 Å². The molecule has 0 spiro atoms. The van der Waals surface area contributed by atoms with Gasteiger partial charge in [-0.15, -0.1) is 0 Å². The van der Waals surface area contributed by atoms with Crippen molar-refractivity contribution in [2.24, 2.45) is 0 Å². The van der Waals surface area contributed by atoms with Gasteiger partial charge in [-0.1, -0.05) is 12.6 Å². The predicted octanol–water partition coefficient (Wildman–Crippen LogP) is 4.15. The first-order chi connectivity index (χ1) is 18.4. The van der Waals surface area contributed by atoms with Gasteiger partial charge in [-0.05, 0) is 54.4 Å². The highest BCUT2D eigenvalue weighted by Gasteiger charge is 2.31. The van der Waals surface area contributed by atoms with Crippen LogP contribution in [-0.4, -0.2) is 69.8 Å². The zero-order valence-corrected chi connectivity index (χ0v) is 22.2. The quantitative estimate of drug-likeness (QED) is 0.246. The summed E-state index contributed by atoms with van der Waals surface area (Å²) in [6.07, 6.45) is 2.09. The topological polar surface area (TPSA) is 98.5 Å². The van der Waals surface area contributed by atoms with E-state index in [1.54, 1.807) is 18.1 Å². The Labute approximate surface area is 225 Å². The third-order valence-electron chi connectivity index (χ3n) is 6.43. The number of hydrogen-bond donors (Lipinski definition) is 0. The Morgan fingerprint density at radius 3 is 2.68 bits per heavy atom. The number of carbonyl (C=O) groups excluding carboxylic acids is 1. The fourth-order valence-corrected chi connectivity index (χ4v) is 4.72. The SMILES string of the molecule is C=CC(=O)N1CCC(n2nc(-c3ccc(OCc4cccc(OC)n4)cc3)c3c(N(C)C)nc(Cl)nc32)C1. The van der Waals surface area contributed by atoms with Crippen LogP contribution in [0.25, 0.3) is 22.3 Å². The number of ether oxygens (including phenoxy) is 2. The van der Waals surface area contributed by atoms with Gasteiger partial charge in [0.2, 0.25) is 17.1 Å². The standard InChI is InChI=1S/C27H28ClN7O3/c1-5-22(36)34-14-13-19(15-34)35-26-23(25(33(2)3)30-27(28)31-26)24(32-35)17-9-11-20(12-10-17)38-16-18-7-6-8-21(29-18)37-4/h5-12,19H,1,13-16H2,2-4H3. The van der Waals surface area contributed by atoms with Crippen LogP contribution in [-0.2, 0) is 11.4 Å². The van der Waals surface area contributed by atoms with Gasteiger partial charge >= 0.3 is 0 Å². The number of nitrogens with zero attached hydrogens (tertiary/aromatic N) is 7. The lowest BCUT2D eigenvalue weighted by molar-refractivity contribution is -0.125. The highest BCUT2D eigenvalue weighted by atomic mass is 35.5. The predicted molar refractivity (Wildman–Crippen MR) is 146 cm³/mol. The van der Waals surface area contributed by atoms with Crippen molar-refractivity contribution in [1.29, 1.82) is 0 Å². The molecule has 5 rings (SSSR count). The number of benzene rings is 1. The normalized spacial score (nSPS) is 15.1. The number of fused-ring (bicyclic) bond motifs is 1. The van der Waals surface area contributed by atoms with Gasteiger partial charge in [-0.2, -0.15) is 15.1 Å². The van der Waals surface area contributed by atoms with E-state index in [4.69, 9.17) is 26.2 Å². The Hall–Kier alpha value is -4.18. The lowest BCUT2D eigenvalue weighted by Crippen LogP contribution is -2.27. The van der Waals surface area contributed by atoms with Crippen LogP contribution in [0.4, 0.5) is 5.82 Å². The monoisotopic (exact) mass is 533 g/mol. The molecule has 0 aliphatic carbocycles. The first-order valence-electron chi connectivity index (χ1n) is 12.2. The Kier molecular flexibility index (Phi) is 7.15. The van der Waals surface area contributed by atoms with Crippen molar-refractivity contribution in [3.63, 3.8) is 0 Å². The molecule has 1 aliphatic rings. The fraction of sp³-hybridized carbons (Fsp3) is 0.296. The van der Waals surface area contributed by atoms with Crippen LogP contribution in [0.3, 0.4) is 0 Å². The van der Waals surface area contributed by atoms with Gasteiger partial charge in [-0.3, -0.25) is 4.79 Å². The van der Waals surface area contributed by atoms with Crippen molar-refractivity contribution >= 4 is 34.4 Å². The minimum absolute atomic E-state index is 0.0471. The third kappa shape index (κ3) is 4.99. The summed E-state index contributed by atoms with van der Waals surface area (Å²) in [5.41, 5.74) is 3.01. The lowest BCUT2D eigenvalue weighted by Gasteiger charge is -2.15. The Morgan fingerprint density at radius 1 is 1.18 bits per heavy atom. The molecule has 1 atom stereocenters. The maximum Gasteiger partial charge on any atom is 0.246 e. The summed E-state index contributed by atoms with van der Waals surface area (Å²) in [7, 11) is 5.40. The highest BCUT2D eigenvalue weighted by Crippen LogP contribution is 2.37. The van der Waals surface area contributed by atoms with Gasteiger partial charge in [0.15, 0.2) is 5.65 Å². The van der Waals surface area contributed by atoms with Crippen LogP contribution < -0.4 is 14.4 Å². The molecular formula is C27H28ClN7O3. The number of rotatable bonds is 8. The summed E-state index contributed by atoms with van der Waals surface area (Å²) in [6, 6.07) is 13.2.